The van der Waals surface area contributed by atoms with E-state index in [0.29, 0.717) is 65.4 Å². The van der Waals surface area contributed by atoms with Gasteiger partial charge in [0, 0.05) is 37.0 Å². The zero-order valence-corrected chi connectivity index (χ0v) is 31.0. The summed E-state index contributed by atoms with van der Waals surface area (Å²) in [5, 5.41) is 21.0. The Morgan fingerprint density at radius 3 is 2.43 bits per heavy atom. The van der Waals surface area contributed by atoms with Crippen LogP contribution in [0.2, 0.25) is 0 Å². The van der Waals surface area contributed by atoms with E-state index in [1.54, 1.807) is 37.3 Å². The van der Waals surface area contributed by atoms with Crippen LogP contribution in [0.25, 0.3) is 0 Å². The molecule has 0 aromatic heterocycles. The Labute approximate surface area is 310 Å². The number of para-hydroxylation sites is 1. The summed E-state index contributed by atoms with van der Waals surface area (Å²) in [6, 6.07) is 15.9. The molecule has 14 heteroatoms. The average Bonchev–Trinajstić information content (AvgIpc) is 3.48. The molecule has 2 heterocycles. The number of ether oxygens (including phenoxy) is 3. The Hall–Kier alpha value is -5.63. The molecule has 0 saturated carbocycles. The van der Waals surface area contributed by atoms with Gasteiger partial charge in [0.2, 0.25) is 18.2 Å². The standard InChI is InChI=1S/C29H30N4O6.C8H17NO.C2H4O2/c1-17(31-16-35)28(36)32-21-8-18(14-34)7-19(9-21)15-39-27-12-24-23(11-26(27)38-2)29(37)33-22(13-30-24)10-20-5-3-4-6-25(20)33;1-3-5-6-7-8(10)9-4-2;1-4-2-3/h3-9,11-12,16-17,22,30,34H,10,13-15H2,1-2H3,(H,31,35)(H,32,36);3-7H2,1-2H3,(H,9,10);2H,1H3. The first-order valence-electron chi connectivity index (χ1n) is 17.6. The normalized spacial score (nSPS) is 14.0. The van der Waals surface area contributed by atoms with Crippen LogP contribution >= 0.6 is 0 Å². The van der Waals surface area contributed by atoms with E-state index in [1.807, 2.05) is 30.0 Å². The van der Waals surface area contributed by atoms with E-state index in [2.05, 4.69) is 39.0 Å². The highest BCUT2D eigenvalue weighted by molar-refractivity contribution is 6.12. The van der Waals surface area contributed by atoms with Gasteiger partial charge in [0.25, 0.3) is 12.4 Å². The van der Waals surface area contributed by atoms with E-state index in [4.69, 9.17) is 14.3 Å². The number of carbonyl (C=O) groups excluding carboxylic acids is 5. The van der Waals surface area contributed by atoms with Gasteiger partial charge in [-0.3, -0.25) is 24.0 Å². The second-order valence-electron chi connectivity index (χ2n) is 12.3. The molecule has 0 bridgehead atoms. The van der Waals surface area contributed by atoms with E-state index in [1.165, 1.54) is 20.6 Å². The average molecular weight is 734 g/mol. The molecule has 2 aliphatic heterocycles. The van der Waals surface area contributed by atoms with Crippen molar-refractivity contribution < 1.29 is 43.3 Å². The van der Waals surface area contributed by atoms with Crippen molar-refractivity contribution >= 4 is 47.7 Å². The maximum atomic E-state index is 13.6. The Kier molecular flexibility index (Phi) is 17.1. The zero-order valence-electron chi connectivity index (χ0n) is 31.0. The number of benzene rings is 3. The molecule has 14 nitrogen and oxygen atoms in total. The number of amides is 4. The van der Waals surface area contributed by atoms with Gasteiger partial charge < -0.3 is 45.5 Å². The molecular formula is C39H51N5O9. The molecule has 53 heavy (non-hydrogen) atoms. The summed E-state index contributed by atoms with van der Waals surface area (Å²) in [5.74, 6) is 0.564. The zero-order chi connectivity index (χ0) is 38.8. The first-order chi connectivity index (χ1) is 25.6. The molecule has 0 spiro atoms. The van der Waals surface area contributed by atoms with Crippen LogP contribution in [-0.2, 0) is 43.5 Å². The van der Waals surface area contributed by atoms with Crippen molar-refractivity contribution in [3.8, 4) is 11.5 Å². The number of aliphatic hydroxyl groups excluding tert-OH is 1. The third-order valence-corrected chi connectivity index (χ3v) is 8.44. The predicted molar refractivity (Wildman–Crippen MR) is 202 cm³/mol. The fourth-order valence-corrected chi connectivity index (χ4v) is 5.83. The molecular weight excluding hydrogens is 682 g/mol. The van der Waals surface area contributed by atoms with E-state index in [0.717, 1.165) is 37.1 Å². The first-order valence-corrected chi connectivity index (χ1v) is 17.6. The van der Waals surface area contributed by atoms with Crippen molar-refractivity contribution in [2.75, 3.05) is 42.8 Å². The minimum absolute atomic E-state index is 0.0111. The molecule has 5 rings (SSSR count). The number of anilines is 3. The van der Waals surface area contributed by atoms with E-state index >= 15 is 0 Å². The van der Waals surface area contributed by atoms with Gasteiger partial charge in [0.1, 0.15) is 12.6 Å². The Balaban J connectivity index is 0.000000460. The quantitative estimate of drug-likeness (QED) is 0.111. The number of aliphatic hydroxyl groups is 1. The maximum Gasteiger partial charge on any atom is 0.292 e. The van der Waals surface area contributed by atoms with Gasteiger partial charge in [-0.2, -0.15) is 0 Å². The van der Waals surface area contributed by atoms with Crippen molar-refractivity contribution in [3.05, 3.63) is 76.9 Å². The maximum absolute atomic E-state index is 13.6. The van der Waals surface area contributed by atoms with Gasteiger partial charge in [-0.1, -0.05) is 38.0 Å². The lowest BCUT2D eigenvalue weighted by Gasteiger charge is -2.22. The van der Waals surface area contributed by atoms with Crippen LogP contribution < -0.4 is 35.6 Å². The Morgan fingerprint density at radius 2 is 1.77 bits per heavy atom. The van der Waals surface area contributed by atoms with Gasteiger partial charge >= 0.3 is 0 Å². The first kappa shape index (κ1) is 41.8. The third-order valence-electron chi connectivity index (χ3n) is 8.44. The molecule has 2 aliphatic rings. The van der Waals surface area contributed by atoms with Crippen LogP contribution in [0.1, 0.15) is 73.5 Å². The number of nitrogens with zero attached hydrogens (tertiary/aromatic N) is 1. The number of methoxy groups -OCH3 is 2. The molecule has 2 atom stereocenters. The topological polar surface area (TPSA) is 185 Å². The van der Waals surface area contributed by atoms with Crippen LogP contribution in [-0.4, -0.2) is 75.1 Å². The summed E-state index contributed by atoms with van der Waals surface area (Å²) in [6.45, 7) is 7.26. The van der Waals surface area contributed by atoms with Crippen LogP contribution in [0, 0.1) is 0 Å². The summed E-state index contributed by atoms with van der Waals surface area (Å²) in [4.78, 5) is 58.2. The van der Waals surface area contributed by atoms with Gasteiger partial charge in [0.15, 0.2) is 11.5 Å². The lowest BCUT2D eigenvalue weighted by Crippen LogP contribution is -2.39. The van der Waals surface area contributed by atoms with E-state index < -0.39 is 11.9 Å². The molecule has 0 radical (unpaired) electrons. The number of unbranched alkanes of at least 4 members (excludes halogenated alkanes) is 2. The third kappa shape index (κ3) is 12.0. The number of fused-ring (bicyclic) bond motifs is 4. The molecule has 0 aliphatic carbocycles. The summed E-state index contributed by atoms with van der Waals surface area (Å²) in [6.07, 6.45) is 5.32. The summed E-state index contributed by atoms with van der Waals surface area (Å²) < 4.78 is 15.6. The van der Waals surface area contributed by atoms with Gasteiger partial charge in [-0.15, -0.1) is 0 Å². The highest BCUT2D eigenvalue weighted by Crippen LogP contribution is 2.40. The summed E-state index contributed by atoms with van der Waals surface area (Å²) in [5.41, 5.74) is 5.01. The van der Waals surface area contributed by atoms with Gasteiger partial charge in [-0.05, 0) is 73.7 Å². The van der Waals surface area contributed by atoms with Crippen LogP contribution in [0.15, 0.2) is 54.6 Å². The smallest absolute Gasteiger partial charge is 0.292 e. The molecule has 0 saturated heterocycles. The minimum atomic E-state index is -0.719. The van der Waals surface area contributed by atoms with Gasteiger partial charge in [0.05, 0.1) is 38.1 Å². The second-order valence-corrected chi connectivity index (χ2v) is 12.3. The van der Waals surface area contributed by atoms with Crippen molar-refractivity contribution in [1.82, 2.24) is 10.6 Å². The lowest BCUT2D eigenvalue weighted by molar-refractivity contribution is -0.126. The van der Waals surface area contributed by atoms with Crippen LogP contribution in [0.4, 0.5) is 17.1 Å². The summed E-state index contributed by atoms with van der Waals surface area (Å²) in [7, 11) is 2.83. The molecule has 286 valence electrons. The van der Waals surface area contributed by atoms with Crippen LogP contribution in [0.3, 0.4) is 0 Å². The predicted octanol–water partition coefficient (Wildman–Crippen LogP) is 4.33. The molecule has 5 N–H and O–H groups in total. The fraction of sp³-hybridized carbons (Fsp3) is 0.410. The van der Waals surface area contributed by atoms with E-state index in [-0.39, 0.29) is 31.1 Å². The van der Waals surface area contributed by atoms with Crippen LogP contribution in [0.5, 0.6) is 11.5 Å². The SMILES string of the molecule is CCCCCC(=O)NCC.COC=O.COc1cc2c(cc1OCc1cc(CO)cc(NC(=O)C(C)NC=O)c1)NCC1Cc3ccccc3N1C2=O. The largest absolute Gasteiger partial charge is 0.493 e. The number of rotatable bonds is 15. The van der Waals surface area contributed by atoms with Crippen molar-refractivity contribution in [1.29, 1.82) is 0 Å². The fourth-order valence-electron chi connectivity index (χ4n) is 5.83. The Morgan fingerprint density at radius 1 is 1.04 bits per heavy atom. The molecule has 0 fully saturated rings. The number of carbonyl (C=O) groups is 5. The number of hydrogen-bond acceptors (Lipinski definition) is 10. The number of hydrogen-bond donors (Lipinski definition) is 5. The lowest BCUT2D eigenvalue weighted by atomic mass is 10.1. The highest BCUT2D eigenvalue weighted by atomic mass is 16.5. The van der Waals surface area contributed by atoms with E-state index in [9.17, 15) is 24.3 Å². The van der Waals surface area contributed by atoms with Crippen molar-refractivity contribution in [2.24, 2.45) is 0 Å². The van der Waals surface area contributed by atoms with Gasteiger partial charge in [-0.25, -0.2) is 0 Å². The second kappa shape index (κ2) is 21.7. The number of nitrogens with one attached hydrogen (secondary N) is 4. The molecule has 3 aromatic carbocycles. The van der Waals surface area contributed by atoms with Crippen molar-refractivity contribution in [3.63, 3.8) is 0 Å². The molecule has 4 amide bonds. The summed E-state index contributed by atoms with van der Waals surface area (Å²) >= 11 is 0. The highest BCUT2D eigenvalue weighted by Gasteiger charge is 2.37. The van der Waals surface area contributed by atoms with Crippen molar-refractivity contribution in [2.45, 2.75) is 78.2 Å². The monoisotopic (exact) mass is 733 g/mol. The minimum Gasteiger partial charge on any atom is -0.493 e. The molecule has 3 aromatic rings. The molecule has 2 unspecified atom stereocenters. The Bertz CT molecular complexity index is 1700.